The minimum Gasteiger partial charge on any atom is -0.370 e. The highest BCUT2D eigenvalue weighted by Crippen LogP contribution is 2.22. The van der Waals surface area contributed by atoms with Crippen molar-refractivity contribution in [2.24, 2.45) is 5.73 Å². The molecule has 2 nitrogen and oxygen atoms in total. The summed E-state index contributed by atoms with van der Waals surface area (Å²) >= 11 is 3.46. The molecule has 4 heteroatoms. The first-order valence-corrected chi connectivity index (χ1v) is 6.83. The van der Waals surface area contributed by atoms with E-state index in [0.717, 1.165) is 22.3 Å². The molecule has 0 bridgehead atoms. The van der Waals surface area contributed by atoms with Crippen molar-refractivity contribution in [3.63, 3.8) is 0 Å². The third kappa shape index (κ3) is 3.55. The van der Waals surface area contributed by atoms with E-state index in [2.05, 4.69) is 33.0 Å². The molecule has 2 rings (SSSR count). The SMILES string of the molecule is CN(Cc1cccc(Br)c1)c1ccc(F)cc1CN. The number of benzene rings is 2. The molecule has 0 unspecified atom stereocenters. The van der Waals surface area contributed by atoms with Gasteiger partial charge in [0.15, 0.2) is 0 Å². The van der Waals surface area contributed by atoms with Crippen LogP contribution >= 0.6 is 15.9 Å². The van der Waals surface area contributed by atoms with Crippen molar-refractivity contribution < 1.29 is 4.39 Å². The first-order chi connectivity index (χ1) is 9.10. The van der Waals surface area contributed by atoms with E-state index in [1.165, 1.54) is 17.7 Å². The Morgan fingerprint density at radius 2 is 2.00 bits per heavy atom. The molecular weight excluding hydrogens is 307 g/mol. The van der Waals surface area contributed by atoms with Gasteiger partial charge in [0, 0.05) is 30.3 Å². The Kier molecular flexibility index (Phi) is 4.56. The van der Waals surface area contributed by atoms with Gasteiger partial charge in [-0.1, -0.05) is 28.1 Å². The lowest BCUT2D eigenvalue weighted by molar-refractivity contribution is 0.625. The Labute approximate surface area is 121 Å². The van der Waals surface area contributed by atoms with Crippen LogP contribution < -0.4 is 10.6 Å². The number of rotatable bonds is 4. The van der Waals surface area contributed by atoms with Gasteiger partial charge in [0.05, 0.1) is 0 Å². The van der Waals surface area contributed by atoms with Crippen molar-refractivity contribution in [3.8, 4) is 0 Å². The van der Waals surface area contributed by atoms with Crippen molar-refractivity contribution in [3.05, 3.63) is 63.9 Å². The Morgan fingerprint density at radius 1 is 1.21 bits per heavy atom. The predicted molar refractivity (Wildman–Crippen MR) is 80.5 cm³/mol. The standard InChI is InChI=1S/C15H16BrFN2/c1-19(10-11-3-2-4-13(16)7-11)15-6-5-14(17)8-12(15)9-18/h2-8H,9-10,18H2,1H3. The summed E-state index contributed by atoms with van der Waals surface area (Å²) in [6.45, 7) is 1.08. The molecule has 2 aromatic carbocycles. The molecule has 0 aliphatic carbocycles. The van der Waals surface area contributed by atoms with Crippen LogP contribution in [0.3, 0.4) is 0 Å². The molecule has 0 spiro atoms. The summed E-state index contributed by atoms with van der Waals surface area (Å²) in [5, 5.41) is 0. The van der Waals surface area contributed by atoms with E-state index >= 15 is 0 Å². The molecule has 2 N–H and O–H groups in total. The van der Waals surface area contributed by atoms with Crippen LogP contribution in [0.15, 0.2) is 46.9 Å². The van der Waals surface area contributed by atoms with Crippen molar-refractivity contribution >= 4 is 21.6 Å². The Balaban J connectivity index is 2.22. The number of nitrogens with two attached hydrogens (primary N) is 1. The molecule has 0 atom stereocenters. The predicted octanol–water partition coefficient (Wildman–Crippen LogP) is 3.68. The number of hydrogen-bond acceptors (Lipinski definition) is 2. The second-order valence-corrected chi connectivity index (χ2v) is 5.38. The van der Waals surface area contributed by atoms with Crippen LogP contribution in [0.2, 0.25) is 0 Å². The van der Waals surface area contributed by atoms with Crippen LogP contribution in [0.25, 0.3) is 0 Å². The molecule has 0 aromatic heterocycles. The van der Waals surface area contributed by atoms with Gasteiger partial charge in [-0.25, -0.2) is 4.39 Å². The van der Waals surface area contributed by atoms with E-state index in [0.29, 0.717) is 6.54 Å². The Morgan fingerprint density at radius 3 is 2.68 bits per heavy atom. The van der Waals surface area contributed by atoms with Gasteiger partial charge in [0.25, 0.3) is 0 Å². The quantitative estimate of drug-likeness (QED) is 0.930. The largest absolute Gasteiger partial charge is 0.370 e. The zero-order valence-corrected chi connectivity index (χ0v) is 12.3. The first-order valence-electron chi connectivity index (χ1n) is 6.04. The maximum absolute atomic E-state index is 13.2. The maximum Gasteiger partial charge on any atom is 0.123 e. The van der Waals surface area contributed by atoms with Crippen LogP contribution in [0.1, 0.15) is 11.1 Å². The van der Waals surface area contributed by atoms with Gasteiger partial charge in [-0.05, 0) is 41.5 Å². The molecule has 0 heterocycles. The molecule has 0 saturated carbocycles. The number of halogens is 2. The molecule has 2 aromatic rings. The molecule has 0 aliphatic heterocycles. The molecule has 19 heavy (non-hydrogen) atoms. The summed E-state index contributed by atoms with van der Waals surface area (Å²) in [7, 11) is 1.98. The highest BCUT2D eigenvalue weighted by Gasteiger charge is 2.08. The van der Waals surface area contributed by atoms with Gasteiger partial charge in [0.2, 0.25) is 0 Å². The third-order valence-corrected chi connectivity index (χ3v) is 3.47. The normalized spacial score (nSPS) is 10.5. The lowest BCUT2D eigenvalue weighted by atomic mass is 10.1. The number of anilines is 1. The average molecular weight is 323 g/mol. The van der Waals surface area contributed by atoms with Crippen LogP contribution in [-0.2, 0) is 13.1 Å². The molecule has 0 radical (unpaired) electrons. The van der Waals surface area contributed by atoms with Crippen LogP contribution in [0.4, 0.5) is 10.1 Å². The Hall–Kier alpha value is -1.39. The van der Waals surface area contributed by atoms with Gasteiger partial charge in [-0.15, -0.1) is 0 Å². The third-order valence-electron chi connectivity index (χ3n) is 2.98. The van der Waals surface area contributed by atoms with Crippen molar-refractivity contribution in [1.82, 2.24) is 0 Å². The lowest BCUT2D eigenvalue weighted by Crippen LogP contribution is -2.19. The fourth-order valence-electron chi connectivity index (χ4n) is 2.08. The van der Waals surface area contributed by atoms with Gasteiger partial charge in [0.1, 0.15) is 5.82 Å². The zero-order valence-electron chi connectivity index (χ0n) is 10.7. The zero-order chi connectivity index (χ0) is 13.8. The Bertz CT molecular complexity index is 572. The highest BCUT2D eigenvalue weighted by molar-refractivity contribution is 9.10. The summed E-state index contributed by atoms with van der Waals surface area (Å²) in [5.41, 5.74) is 8.64. The maximum atomic E-state index is 13.2. The van der Waals surface area contributed by atoms with Gasteiger partial charge >= 0.3 is 0 Å². The fourth-order valence-corrected chi connectivity index (χ4v) is 2.53. The topological polar surface area (TPSA) is 29.3 Å². The summed E-state index contributed by atoms with van der Waals surface area (Å²) in [5.74, 6) is -0.250. The van der Waals surface area contributed by atoms with Crippen molar-refractivity contribution in [2.45, 2.75) is 13.1 Å². The number of hydrogen-bond donors (Lipinski definition) is 1. The number of nitrogens with zero attached hydrogens (tertiary/aromatic N) is 1. The smallest absolute Gasteiger partial charge is 0.123 e. The van der Waals surface area contributed by atoms with Crippen LogP contribution in [0.5, 0.6) is 0 Å². The van der Waals surface area contributed by atoms with E-state index < -0.39 is 0 Å². The van der Waals surface area contributed by atoms with Crippen molar-refractivity contribution in [1.29, 1.82) is 0 Å². The van der Waals surface area contributed by atoms with E-state index in [4.69, 9.17) is 5.73 Å². The minimum absolute atomic E-state index is 0.250. The van der Waals surface area contributed by atoms with Crippen LogP contribution in [0, 0.1) is 5.82 Å². The van der Waals surface area contributed by atoms with E-state index in [1.807, 2.05) is 19.2 Å². The molecular formula is C15H16BrFN2. The van der Waals surface area contributed by atoms with Crippen molar-refractivity contribution in [2.75, 3.05) is 11.9 Å². The van der Waals surface area contributed by atoms with E-state index in [9.17, 15) is 4.39 Å². The molecule has 0 fully saturated rings. The molecule has 0 amide bonds. The average Bonchev–Trinajstić information content (AvgIpc) is 2.38. The van der Waals surface area contributed by atoms with Gasteiger partial charge in [-0.3, -0.25) is 0 Å². The first kappa shape index (κ1) is 14.0. The van der Waals surface area contributed by atoms with Crippen LogP contribution in [-0.4, -0.2) is 7.05 Å². The van der Waals surface area contributed by atoms with E-state index in [-0.39, 0.29) is 5.82 Å². The summed E-state index contributed by atoms with van der Waals surface area (Å²) < 4.78 is 14.2. The van der Waals surface area contributed by atoms with E-state index in [1.54, 1.807) is 6.07 Å². The lowest BCUT2D eigenvalue weighted by Gasteiger charge is -2.22. The summed E-state index contributed by atoms with van der Waals surface area (Å²) in [6, 6.07) is 12.9. The minimum atomic E-state index is -0.250. The summed E-state index contributed by atoms with van der Waals surface area (Å²) in [6.07, 6.45) is 0. The molecule has 0 aliphatic rings. The summed E-state index contributed by atoms with van der Waals surface area (Å²) in [4.78, 5) is 2.07. The monoisotopic (exact) mass is 322 g/mol. The molecule has 0 saturated heterocycles. The molecule has 100 valence electrons. The second-order valence-electron chi connectivity index (χ2n) is 4.46. The van der Waals surface area contributed by atoms with Gasteiger partial charge < -0.3 is 10.6 Å². The fraction of sp³-hybridized carbons (Fsp3) is 0.200. The van der Waals surface area contributed by atoms with Gasteiger partial charge in [-0.2, -0.15) is 0 Å². The second kappa shape index (κ2) is 6.17. The highest BCUT2D eigenvalue weighted by atomic mass is 79.9.